The molecule has 1 fully saturated rings. The van der Waals surface area contributed by atoms with Gasteiger partial charge in [0.1, 0.15) is 0 Å². The fraction of sp³-hybridized carbons (Fsp3) is 0.389. The van der Waals surface area contributed by atoms with E-state index < -0.39 is 5.97 Å². The van der Waals surface area contributed by atoms with Gasteiger partial charge in [0.25, 0.3) is 0 Å². The molecular formula is C18H20N2O3S. The average molecular weight is 344 g/mol. The van der Waals surface area contributed by atoms with E-state index in [4.69, 9.17) is 5.11 Å². The molecule has 0 atom stereocenters. The summed E-state index contributed by atoms with van der Waals surface area (Å²) in [7, 11) is 0. The summed E-state index contributed by atoms with van der Waals surface area (Å²) in [4.78, 5) is 27.5. The smallest absolute Gasteiger partial charge is 0.355 e. The van der Waals surface area contributed by atoms with Crippen molar-refractivity contribution < 1.29 is 14.7 Å². The van der Waals surface area contributed by atoms with Crippen LogP contribution in [-0.4, -0.2) is 28.5 Å². The maximum atomic E-state index is 12.6. The van der Waals surface area contributed by atoms with Gasteiger partial charge in [-0.15, -0.1) is 11.3 Å². The number of aryl methyl sites for hydroxylation is 2. The number of hydrogen-bond donors (Lipinski definition) is 2. The quantitative estimate of drug-likeness (QED) is 0.844. The Morgan fingerprint density at radius 2 is 1.92 bits per heavy atom. The van der Waals surface area contributed by atoms with Gasteiger partial charge in [0.2, 0.25) is 5.91 Å². The van der Waals surface area contributed by atoms with Gasteiger partial charge in [-0.1, -0.05) is 29.3 Å². The zero-order chi connectivity index (χ0) is 17.3. The van der Waals surface area contributed by atoms with Gasteiger partial charge in [0, 0.05) is 18.3 Å². The third kappa shape index (κ3) is 3.33. The van der Waals surface area contributed by atoms with Crippen molar-refractivity contribution in [1.82, 2.24) is 10.3 Å². The van der Waals surface area contributed by atoms with Crippen LogP contribution in [0.2, 0.25) is 0 Å². The van der Waals surface area contributed by atoms with E-state index in [1.54, 1.807) is 0 Å². The largest absolute Gasteiger partial charge is 0.476 e. The summed E-state index contributed by atoms with van der Waals surface area (Å²) in [5.41, 5.74) is 3.13. The number of carbonyl (C=O) groups excluding carboxylic acids is 1. The Morgan fingerprint density at radius 3 is 2.46 bits per heavy atom. The molecule has 2 N–H and O–H groups in total. The summed E-state index contributed by atoms with van der Waals surface area (Å²) in [6.07, 6.45) is 2.30. The maximum absolute atomic E-state index is 12.6. The minimum absolute atomic E-state index is 0.0579. The summed E-state index contributed by atoms with van der Waals surface area (Å²) in [5, 5.41) is 14.1. The summed E-state index contributed by atoms with van der Waals surface area (Å²) >= 11 is 1.31. The lowest BCUT2D eigenvalue weighted by molar-refractivity contribution is -0.123. The first-order valence-corrected chi connectivity index (χ1v) is 8.83. The number of carboxylic acid groups (broad SMARTS) is 1. The molecule has 126 valence electrons. The van der Waals surface area contributed by atoms with Crippen molar-refractivity contribution in [3.8, 4) is 0 Å². The van der Waals surface area contributed by atoms with Crippen LogP contribution in [0.15, 0.2) is 23.6 Å². The van der Waals surface area contributed by atoms with Gasteiger partial charge in [-0.25, -0.2) is 9.78 Å². The van der Waals surface area contributed by atoms with Gasteiger partial charge < -0.3 is 10.4 Å². The zero-order valence-corrected chi connectivity index (χ0v) is 14.6. The SMILES string of the molecule is Cc1cc(C)cc(C2(C(=O)NCCc3nc(C(=O)O)cs3)CC2)c1. The van der Waals surface area contributed by atoms with E-state index in [1.165, 1.54) is 27.8 Å². The molecule has 0 aliphatic heterocycles. The van der Waals surface area contributed by atoms with Crippen LogP contribution >= 0.6 is 11.3 Å². The highest BCUT2D eigenvalue weighted by Crippen LogP contribution is 2.48. The first-order chi connectivity index (χ1) is 11.4. The number of rotatable bonds is 6. The topological polar surface area (TPSA) is 79.3 Å². The van der Waals surface area contributed by atoms with Crippen molar-refractivity contribution in [2.24, 2.45) is 0 Å². The highest BCUT2D eigenvalue weighted by molar-refractivity contribution is 7.09. The number of nitrogens with zero attached hydrogens (tertiary/aromatic N) is 1. The Morgan fingerprint density at radius 1 is 1.25 bits per heavy atom. The number of aromatic nitrogens is 1. The molecule has 1 aliphatic rings. The first-order valence-electron chi connectivity index (χ1n) is 7.95. The minimum atomic E-state index is -1.02. The summed E-state index contributed by atoms with van der Waals surface area (Å²) in [6.45, 7) is 4.57. The Labute approximate surface area is 144 Å². The monoisotopic (exact) mass is 344 g/mol. The first kappa shape index (κ1) is 16.6. The Balaban J connectivity index is 1.61. The molecule has 6 heteroatoms. The second-order valence-electron chi connectivity index (χ2n) is 6.40. The van der Waals surface area contributed by atoms with Crippen LogP contribution in [0.4, 0.5) is 0 Å². The molecule has 5 nitrogen and oxygen atoms in total. The standard InChI is InChI=1S/C18H20N2O3S/c1-11-7-12(2)9-13(8-11)18(4-5-18)17(23)19-6-3-15-20-14(10-24-15)16(21)22/h7-10H,3-6H2,1-2H3,(H,19,23)(H,21,22). The lowest BCUT2D eigenvalue weighted by atomic mass is 9.92. The van der Waals surface area contributed by atoms with Gasteiger partial charge in [0.15, 0.2) is 5.69 Å². The van der Waals surface area contributed by atoms with E-state index in [1.807, 2.05) is 13.8 Å². The summed E-state index contributed by atoms with van der Waals surface area (Å²) in [5.74, 6) is -0.962. The Kier molecular flexibility index (Phi) is 4.41. The molecule has 1 aliphatic carbocycles. The lowest BCUT2D eigenvalue weighted by Gasteiger charge is -2.17. The van der Waals surface area contributed by atoms with Crippen LogP contribution < -0.4 is 5.32 Å². The molecule has 24 heavy (non-hydrogen) atoms. The van der Waals surface area contributed by atoms with Crippen LogP contribution in [0.1, 0.15) is 45.0 Å². The van der Waals surface area contributed by atoms with Gasteiger partial charge in [-0.05, 0) is 32.3 Å². The van der Waals surface area contributed by atoms with Crippen molar-refractivity contribution in [3.63, 3.8) is 0 Å². The molecule has 0 saturated heterocycles. The number of carbonyl (C=O) groups is 2. The molecule has 1 heterocycles. The molecule has 0 unspecified atom stereocenters. The number of thiazole rings is 1. The number of amides is 1. The van der Waals surface area contributed by atoms with Crippen LogP contribution in [0.5, 0.6) is 0 Å². The van der Waals surface area contributed by atoms with Crippen LogP contribution in [0.25, 0.3) is 0 Å². The minimum Gasteiger partial charge on any atom is -0.476 e. The van der Waals surface area contributed by atoms with E-state index in [2.05, 4.69) is 28.5 Å². The number of benzene rings is 1. The highest BCUT2D eigenvalue weighted by Gasteiger charge is 2.51. The lowest BCUT2D eigenvalue weighted by Crippen LogP contribution is -2.36. The maximum Gasteiger partial charge on any atom is 0.355 e. The van der Waals surface area contributed by atoms with Crippen molar-refractivity contribution in [2.75, 3.05) is 6.54 Å². The second kappa shape index (κ2) is 6.36. The number of hydrogen-bond acceptors (Lipinski definition) is 4. The Hall–Kier alpha value is -2.21. The number of carboxylic acids is 1. The second-order valence-corrected chi connectivity index (χ2v) is 7.34. The third-order valence-electron chi connectivity index (χ3n) is 4.35. The molecule has 0 radical (unpaired) electrons. The van der Waals surface area contributed by atoms with Gasteiger partial charge in [-0.3, -0.25) is 4.79 Å². The molecule has 3 rings (SSSR count). The summed E-state index contributed by atoms with van der Waals surface area (Å²) in [6, 6.07) is 6.30. The fourth-order valence-electron chi connectivity index (χ4n) is 3.00. The average Bonchev–Trinajstić information content (AvgIpc) is 3.19. The van der Waals surface area contributed by atoms with Crippen molar-refractivity contribution in [2.45, 2.75) is 38.5 Å². The van der Waals surface area contributed by atoms with Crippen molar-refractivity contribution in [1.29, 1.82) is 0 Å². The van der Waals surface area contributed by atoms with Gasteiger partial charge >= 0.3 is 5.97 Å². The van der Waals surface area contributed by atoms with E-state index >= 15 is 0 Å². The van der Waals surface area contributed by atoms with E-state index in [9.17, 15) is 9.59 Å². The number of nitrogens with one attached hydrogen (secondary N) is 1. The molecule has 2 aromatic rings. The van der Waals surface area contributed by atoms with E-state index in [-0.39, 0.29) is 17.0 Å². The molecule has 0 bridgehead atoms. The van der Waals surface area contributed by atoms with Crippen LogP contribution in [0.3, 0.4) is 0 Å². The molecule has 0 spiro atoms. The Bertz CT molecular complexity index is 773. The fourth-order valence-corrected chi connectivity index (χ4v) is 3.77. The normalized spacial score (nSPS) is 15.1. The molecule has 1 amide bonds. The van der Waals surface area contributed by atoms with Gasteiger partial charge in [0.05, 0.1) is 10.4 Å². The molecular weight excluding hydrogens is 324 g/mol. The van der Waals surface area contributed by atoms with Gasteiger partial charge in [-0.2, -0.15) is 0 Å². The molecule has 1 saturated carbocycles. The summed E-state index contributed by atoms with van der Waals surface area (Å²) < 4.78 is 0. The van der Waals surface area contributed by atoms with E-state index in [0.717, 1.165) is 23.4 Å². The van der Waals surface area contributed by atoms with Crippen molar-refractivity contribution >= 4 is 23.2 Å². The highest BCUT2D eigenvalue weighted by atomic mass is 32.1. The predicted octanol–water partition coefficient (Wildman–Crippen LogP) is 2.85. The van der Waals surface area contributed by atoms with Crippen LogP contribution in [-0.2, 0) is 16.6 Å². The molecule has 1 aromatic heterocycles. The molecule has 1 aromatic carbocycles. The van der Waals surface area contributed by atoms with Crippen molar-refractivity contribution in [3.05, 3.63) is 51.0 Å². The predicted molar refractivity (Wildman–Crippen MR) is 92.6 cm³/mol. The number of aromatic carboxylic acids is 1. The zero-order valence-electron chi connectivity index (χ0n) is 13.8. The van der Waals surface area contributed by atoms with E-state index in [0.29, 0.717) is 13.0 Å². The van der Waals surface area contributed by atoms with Crippen LogP contribution in [0, 0.1) is 13.8 Å². The third-order valence-corrected chi connectivity index (χ3v) is 5.26.